The van der Waals surface area contributed by atoms with Crippen LogP contribution in [-0.4, -0.2) is 42.6 Å². The predicted molar refractivity (Wildman–Crippen MR) is 80.4 cm³/mol. The SMILES string of the molecule is CC(C)CN1CCN(c2ccc(I)cn2)CC1. The lowest BCUT2D eigenvalue weighted by molar-refractivity contribution is 0.231. The summed E-state index contributed by atoms with van der Waals surface area (Å²) in [5, 5.41) is 0. The lowest BCUT2D eigenvalue weighted by Gasteiger charge is -2.36. The fraction of sp³-hybridized carbons (Fsp3) is 0.615. The van der Waals surface area contributed by atoms with Crippen LogP contribution in [0.3, 0.4) is 0 Å². The Morgan fingerprint density at radius 2 is 1.94 bits per heavy atom. The number of hydrogen-bond acceptors (Lipinski definition) is 3. The van der Waals surface area contributed by atoms with Crippen molar-refractivity contribution in [3.05, 3.63) is 21.9 Å². The van der Waals surface area contributed by atoms with Crippen molar-refractivity contribution in [1.29, 1.82) is 0 Å². The molecule has 1 fully saturated rings. The summed E-state index contributed by atoms with van der Waals surface area (Å²) in [4.78, 5) is 9.42. The summed E-state index contributed by atoms with van der Waals surface area (Å²) in [5.74, 6) is 1.88. The number of anilines is 1. The smallest absolute Gasteiger partial charge is 0.128 e. The van der Waals surface area contributed by atoms with Crippen LogP contribution in [-0.2, 0) is 0 Å². The molecule has 0 bridgehead atoms. The van der Waals surface area contributed by atoms with Gasteiger partial charge in [0.2, 0.25) is 0 Å². The summed E-state index contributed by atoms with van der Waals surface area (Å²) in [6.07, 6.45) is 1.94. The second kappa shape index (κ2) is 6.00. The van der Waals surface area contributed by atoms with Gasteiger partial charge in [-0.3, -0.25) is 4.90 Å². The zero-order valence-electron chi connectivity index (χ0n) is 10.6. The Hall–Kier alpha value is -0.360. The largest absolute Gasteiger partial charge is 0.354 e. The zero-order chi connectivity index (χ0) is 12.3. The molecule has 0 radical (unpaired) electrons. The van der Waals surface area contributed by atoms with Crippen LogP contribution in [0.1, 0.15) is 13.8 Å². The average molecular weight is 345 g/mol. The normalized spacial score (nSPS) is 17.8. The van der Waals surface area contributed by atoms with Gasteiger partial charge in [-0.1, -0.05) is 13.8 Å². The van der Waals surface area contributed by atoms with Crippen LogP contribution in [0, 0.1) is 9.49 Å². The average Bonchev–Trinajstić information content (AvgIpc) is 2.30. The second-order valence-electron chi connectivity index (χ2n) is 5.02. The Morgan fingerprint density at radius 1 is 1.24 bits per heavy atom. The number of hydrogen-bond donors (Lipinski definition) is 0. The fourth-order valence-electron chi connectivity index (χ4n) is 2.23. The molecule has 17 heavy (non-hydrogen) atoms. The van der Waals surface area contributed by atoms with Gasteiger partial charge in [0.05, 0.1) is 0 Å². The van der Waals surface area contributed by atoms with Gasteiger partial charge in [-0.15, -0.1) is 0 Å². The van der Waals surface area contributed by atoms with E-state index in [1.807, 2.05) is 6.20 Å². The van der Waals surface area contributed by atoms with Crippen LogP contribution < -0.4 is 4.90 Å². The highest BCUT2D eigenvalue weighted by Crippen LogP contribution is 2.15. The summed E-state index contributed by atoms with van der Waals surface area (Å²) >= 11 is 2.29. The lowest BCUT2D eigenvalue weighted by atomic mass is 10.2. The molecule has 2 heterocycles. The minimum Gasteiger partial charge on any atom is -0.354 e. The molecule has 0 aromatic carbocycles. The van der Waals surface area contributed by atoms with Crippen molar-refractivity contribution in [3.8, 4) is 0 Å². The standard InChI is InChI=1S/C13H20IN3/c1-11(2)10-16-5-7-17(8-6-16)13-4-3-12(14)9-15-13/h3-4,9,11H,5-8,10H2,1-2H3. The van der Waals surface area contributed by atoms with Gasteiger partial charge in [-0.25, -0.2) is 4.98 Å². The molecule has 2 rings (SSSR count). The molecule has 1 aromatic rings. The molecule has 0 N–H and O–H groups in total. The van der Waals surface area contributed by atoms with E-state index in [2.05, 4.69) is 63.4 Å². The highest BCUT2D eigenvalue weighted by atomic mass is 127. The number of rotatable bonds is 3. The van der Waals surface area contributed by atoms with Crippen molar-refractivity contribution in [1.82, 2.24) is 9.88 Å². The maximum atomic E-state index is 4.49. The molecule has 1 saturated heterocycles. The molecule has 0 spiro atoms. The molecular formula is C13H20IN3. The summed E-state index contributed by atoms with van der Waals surface area (Å²) < 4.78 is 1.20. The first kappa shape index (κ1) is 13.1. The minimum atomic E-state index is 0.762. The van der Waals surface area contributed by atoms with Crippen LogP contribution in [0.5, 0.6) is 0 Å². The minimum absolute atomic E-state index is 0.762. The first-order chi connectivity index (χ1) is 8.15. The Morgan fingerprint density at radius 3 is 2.47 bits per heavy atom. The third-order valence-corrected chi connectivity index (χ3v) is 3.67. The van der Waals surface area contributed by atoms with Gasteiger partial charge in [0.1, 0.15) is 5.82 Å². The van der Waals surface area contributed by atoms with Crippen molar-refractivity contribution in [2.75, 3.05) is 37.6 Å². The van der Waals surface area contributed by atoms with Crippen molar-refractivity contribution in [2.45, 2.75) is 13.8 Å². The van der Waals surface area contributed by atoms with Gasteiger partial charge in [0.15, 0.2) is 0 Å². The van der Waals surface area contributed by atoms with E-state index in [1.54, 1.807) is 0 Å². The third-order valence-electron chi connectivity index (χ3n) is 3.03. The van der Waals surface area contributed by atoms with Crippen molar-refractivity contribution in [3.63, 3.8) is 0 Å². The molecule has 94 valence electrons. The van der Waals surface area contributed by atoms with E-state index < -0.39 is 0 Å². The molecule has 4 heteroatoms. The van der Waals surface area contributed by atoms with E-state index in [1.165, 1.54) is 10.1 Å². The van der Waals surface area contributed by atoms with Gasteiger partial charge >= 0.3 is 0 Å². The molecule has 0 unspecified atom stereocenters. The van der Waals surface area contributed by atoms with E-state index in [4.69, 9.17) is 0 Å². The van der Waals surface area contributed by atoms with Gasteiger partial charge < -0.3 is 4.90 Å². The van der Waals surface area contributed by atoms with Crippen LogP contribution in [0.15, 0.2) is 18.3 Å². The number of pyridine rings is 1. The van der Waals surface area contributed by atoms with Gasteiger partial charge in [-0.05, 0) is 40.6 Å². The topological polar surface area (TPSA) is 19.4 Å². The molecule has 3 nitrogen and oxygen atoms in total. The maximum absolute atomic E-state index is 4.49. The molecule has 0 amide bonds. The second-order valence-corrected chi connectivity index (χ2v) is 6.26. The van der Waals surface area contributed by atoms with Gasteiger partial charge in [-0.2, -0.15) is 0 Å². The Bertz CT molecular complexity index is 342. The Kier molecular flexibility index (Phi) is 4.62. The fourth-order valence-corrected chi connectivity index (χ4v) is 2.55. The molecule has 1 aromatic heterocycles. The van der Waals surface area contributed by atoms with E-state index in [-0.39, 0.29) is 0 Å². The van der Waals surface area contributed by atoms with Gasteiger partial charge in [0, 0.05) is 42.5 Å². The van der Waals surface area contributed by atoms with E-state index >= 15 is 0 Å². The number of piperazine rings is 1. The van der Waals surface area contributed by atoms with Crippen LogP contribution >= 0.6 is 22.6 Å². The first-order valence-corrected chi connectivity index (χ1v) is 7.32. The molecule has 1 aliphatic heterocycles. The molecular weight excluding hydrogens is 325 g/mol. The van der Waals surface area contributed by atoms with Gasteiger partial charge in [0.25, 0.3) is 0 Å². The summed E-state index contributed by atoms with van der Waals surface area (Å²) in [6.45, 7) is 10.3. The van der Waals surface area contributed by atoms with E-state index in [0.29, 0.717) is 0 Å². The monoisotopic (exact) mass is 345 g/mol. The molecule has 0 saturated carbocycles. The van der Waals surface area contributed by atoms with Crippen molar-refractivity contribution < 1.29 is 0 Å². The third kappa shape index (κ3) is 3.81. The summed E-state index contributed by atoms with van der Waals surface area (Å²) in [6, 6.07) is 4.25. The van der Waals surface area contributed by atoms with Crippen LogP contribution in [0.2, 0.25) is 0 Å². The maximum Gasteiger partial charge on any atom is 0.128 e. The van der Waals surface area contributed by atoms with Crippen LogP contribution in [0.25, 0.3) is 0 Å². The first-order valence-electron chi connectivity index (χ1n) is 6.24. The predicted octanol–water partition coefficient (Wildman–Crippen LogP) is 2.46. The van der Waals surface area contributed by atoms with Crippen LogP contribution in [0.4, 0.5) is 5.82 Å². The molecule has 1 aliphatic rings. The lowest BCUT2D eigenvalue weighted by Crippen LogP contribution is -2.47. The molecule has 0 aliphatic carbocycles. The van der Waals surface area contributed by atoms with E-state index in [9.17, 15) is 0 Å². The Balaban J connectivity index is 1.88. The molecule has 0 atom stereocenters. The highest BCUT2D eigenvalue weighted by Gasteiger charge is 2.18. The zero-order valence-corrected chi connectivity index (χ0v) is 12.7. The van der Waals surface area contributed by atoms with Crippen molar-refractivity contribution >= 4 is 28.4 Å². The summed E-state index contributed by atoms with van der Waals surface area (Å²) in [7, 11) is 0. The highest BCUT2D eigenvalue weighted by molar-refractivity contribution is 14.1. The number of nitrogens with zero attached hydrogens (tertiary/aromatic N) is 3. The Labute approximate surface area is 117 Å². The number of aromatic nitrogens is 1. The summed E-state index contributed by atoms with van der Waals surface area (Å²) in [5.41, 5.74) is 0. The van der Waals surface area contributed by atoms with Crippen molar-refractivity contribution in [2.24, 2.45) is 5.92 Å². The quantitative estimate of drug-likeness (QED) is 0.785. The number of halogens is 1. The van der Waals surface area contributed by atoms with E-state index in [0.717, 1.165) is 37.9 Å².